The Hall–Kier alpha value is -0.330. The average Bonchev–Trinajstić information content (AvgIpc) is 2.01. The van der Waals surface area contributed by atoms with E-state index >= 15 is 0 Å². The van der Waals surface area contributed by atoms with Gasteiger partial charge in [0.2, 0.25) is 0 Å². The summed E-state index contributed by atoms with van der Waals surface area (Å²) < 4.78 is 41.0. The van der Waals surface area contributed by atoms with E-state index in [1.165, 1.54) is 11.9 Å². The molecule has 0 spiro atoms. The second kappa shape index (κ2) is 6.30. The molecule has 0 amide bonds. The number of rotatable bonds is 6. The highest BCUT2D eigenvalue weighted by Crippen LogP contribution is 2.20. The third-order valence-electron chi connectivity index (χ3n) is 1.79. The summed E-state index contributed by atoms with van der Waals surface area (Å²) in [6.07, 6.45) is -6.78. The van der Waals surface area contributed by atoms with Crippen molar-refractivity contribution in [2.75, 3.05) is 26.7 Å². The first-order valence-electron chi connectivity index (χ1n) is 4.78. The number of hydrogen-bond acceptors (Lipinski definition) is 3. The summed E-state index contributed by atoms with van der Waals surface area (Å²) in [4.78, 5) is 1.39. The van der Waals surface area contributed by atoms with Gasteiger partial charge in [-0.3, -0.25) is 0 Å². The largest absolute Gasteiger partial charge is 0.415 e. The molecule has 6 heteroatoms. The quantitative estimate of drug-likeness (QED) is 0.744. The van der Waals surface area contributed by atoms with Crippen LogP contribution in [0, 0.1) is 0 Å². The molecule has 0 aromatic rings. The van der Waals surface area contributed by atoms with Crippen LogP contribution >= 0.6 is 0 Å². The smallest absolute Gasteiger partial charge is 0.382 e. The predicted molar refractivity (Wildman–Crippen MR) is 50.6 cm³/mol. The van der Waals surface area contributed by atoms with Crippen molar-refractivity contribution >= 4 is 0 Å². The van der Waals surface area contributed by atoms with Gasteiger partial charge in [-0.05, 0) is 20.9 Å². The summed E-state index contributed by atoms with van der Waals surface area (Å²) in [6.45, 7) is 4.00. The third kappa shape index (κ3) is 7.58. The second-order valence-corrected chi connectivity index (χ2v) is 3.74. The van der Waals surface area contributed by atoms with Crippen molar-refractivity contribution in [2.24, 2.45) is 0 Å². The fourth-order valence-corrected chi connectivity index (χ4v) is 0.934. The Kier molecular flexibility index (Phi) is 6.16. The molecule has 92 valence electrons. The van der Waals surface area contributed by atoms with E-state index in [2.05, 4.69) is 0 Å². The molecule has 15 heavy (non-hydrogen) atoms. The number of likely N-dealkylation sites (N-methyl/N-ethyl adjacent to an activating group) is 1. The number of ether oxygens (including phenoxy) is 1. The predicted octanol–water partition coefficient (Wildman–Crippen LogP) is 1.27. The van der Waals surface area contributed by atoms with Gasteiger partial charge in [-0.1, -0.05) is 0 Å². The zero-order valence-corrected chi connectivity index (χ0v) is 9.21. The Bertz CT molecular complexity index is 173. The maximum Gasteiger partial charge on any atom is 0.415 e. The van der Waals surface area contributed by atoms with Gasteiger partial charge in [0.05, 0.1) is 12.7 Å². The Morgan fingerprint density at radius 2 is 1.87 bits per heavy atom. The molecule has 0 rings (SSSR count). The van der Waals surface area contributed by atoms with Crippen LogP contribution in [0.1, 0.15) is 13.8 Å². The summed E-state index contributed by atoms with van der Waals surface area (Å²) in [5.41, 5.74) is 0. The van der Waals surface area contributed by atoms with Crippen molar-refractivity contribution in [1.29, 1.82) is 0 Å². The van der Waals surface area contributed by atoms with Crippen LogP contribution in [-0.2, 0) is 4.74 Å². The molecule has 0 radical (unpaired) electrons. The molecule has 0 aliphatic carbocycles. The van der Waals surface area contributed by atoms with Gasteiger partial charge in [-0.25, -0.2) is 0 Å². The number of alkyl halides is 3. The van der Waals surface area contributed by atoms with Crippen LogP contribution in [0.15, 0.2) is 0 Å². The molecule has 1 N–H and O–H groups in total. The van der Waals surface area contributed by atoms with Crippen molar-refractivity contribution in [3.63, 3.8) is 0 Å². The molecule has 0 saturated heterocycles. The number of halogens is 3. The van der Waals surface area contributed by atoms with Gasteiger partial charge in [-0.2, -0.15) is 13.2 Å². The molecule has 1 atom stereocenters. The Balaban J connectivity index is 3.69. The van der Waals surface area contributed by atoms with Crippen LogP contribution in [0.2, 0.25) is 0 Å². The van der Waals surface area contributed by atoms with E-state index in [1.807, 2.05) is 13.8 Å². The molecule has 0 aromatic carbocycles. The molecule has 0 aliphatic heterocycles. The lowest BCUT2D eigenvalue weighted by atomic mass is 10.3. The number of aliphatic hydroxyl groups is 1. The summed E-state index contributed by atoms with van der Waals surface area (Å²) in [6, 6.07) is 0. The van der Waals surface area contributed by atoms with Crippen LogP contribution in [-0.4, -0.2) is 55.1 Å². The highest BCUT2D eigenvalue weighted by Gasteiger charge is 2.38. The van der Waals surface area contributed by atoms with Crippen LogP contribution in [0.3, 0.4) is 0 Å². The summed E-state index contributed by atoms with van der Waals surface area (Å²) in [7, 11) is 1.51. The molecule has 0 saturated carbocycles. The van der Waals surface area contributed by atoms with E-state index in [1.54, 1.807) is 0 Å². The molecule has 0 bridgehead atoms. The Labute approximate surface area is 87.8 Å². The maximum absolute atomic E-state index is 12.0. The van der Waals surface area contributed by atoms with Gasteiger partial charge in [0.25, 0.3) is 0 Å². The highest BCUT2D eigenvalue weighted by molar-refractivity contribution is 4.68. The molecule has 0 fully saturated rings. The van der Waals surface area contributed by atoms with Gasteiger partial charge in [-0.15, -0.1) is 0 Å². The molecule has 3 nitrogen and oxygen atoms in total. The van der Waals surface area contributed by atoms with E-state index in [-0.39, 0.29) is 6.10 Å². The first-order valence-corrected chi connectivity index (χ1v) is 4.78. The minimum Gasteiger partial charge on any atom is -0.382 e. The zero-order chi connectivity index (χ0) is 12.1. The fraction of sp³-hybridized carbons (Fsp3) is 1.00. The van der Waals surface area contributed by atoms with Crippen LogP contribution in [0.4, 0.5) is 13.2 Å². The van der Waals surface area contributed by atoms with Gasteiger partial charge in [0.1, 0.15) is 0 Å². The van der Waals surface area contributed by atoms with Gasteiger partial charge < -0.3 is 14.7 Å². The lowest BCUT2D eigenvalue weighted by Crippen LogP contribution is -2.40. The van der Waals surface area contributed by atoms with Crippen LogP contribution < -0.4 is 0 Å². The van der Waals surface area contributed by atoms with Gasteiger partial charge in [0.15, 0.2) is 6.10 Å². The average molecular weight is 229 g/mol. The summed E-state index contributed by atoms with van der Waals surface area (Å²) >= 11 is 0. The fourth-order valence-electron chi connectivity index (χ4n) is 0.934. The molecular formula is C9H18F3NO2. The van der Waals surface area contributed by atoms with Crippen molar-refractivity contribution in [3.05, 3.63) is 0 Å². The lowest BCUT2D eigenvalue weighted by Gasteiger charge is -2.22. The maximum atomic E-state index is 12.0. The van der Waals surface area contributed by atoms with E-state index in [4.69, 9.17) is 9.84 Å². The summed E-state index contributed by atoms with van der Waals surface area (Å²) in [5, 5.41) is 8.76. The SMILES string of the molecule is CC(C)OCCN(C)CC(O)C(F)(F)F. The van der Waals surface area contributed by atoms with Gasteiger partial charge in [0, 0.05) is 13.1 Å². The standard InChI is InChI=1S/C9H18F3NO2/c1-7(2)15-5-4-13(3)6-8(14)9(10,11)12/h7-8,14H,4-6H2,1-3H3. The molecule has 0 aliphatic rings. The summed E-state index contributed by atoms with van der Waals surface area (Å²) in [5.74, 6) is 0. The molecule has 1 unspecified atom stereocenters. The molecule has 0 heterocycles. The number of nitrogens with zero attached hydrogens (tertiary/aromatic N) is 1. The number of aliphatic hydroxyl groups excluding tert-OH is 1. The third-order valence-corrected chi connectivity index (χ3v) is 1.79. The van der Waals surface area contributed by atoms with E-state index < -0.39 is 18.8 Å². The van der Waals surface area contributed by atoms with Gasteiger partial charge >= 0.3 is 6.18 Å². The highest BCUT2D eigenvalue weighted by atomic mass is 19.4. The molecular weight excluding hydrogens is 211 g/mol. The van der Waals surface area contributed by atoms with E-state index in [0.717, 1.165) is 0 Å². The van der Waals surface area contributed by atoms with Crippen molar-refractivity contribution < 1.29 is 23.0 Å². The topological polar surface area (TPSA) is 32.7 Å². The first kappa shape index (κ1) is 14.7. The van der Waals surface area contributed by atoms with Crippen LogP contribution in [0.25, 0.3) is 0 Å². The van der Waals surface area contributed by atoms with Crippen molar-refractivity contribution in [1.82, 2.24) is 4.90 Å². The van der Waals surface area contributed by atoms with Crippen molar-refractivity contribution in [3.8, 4) is 0 Å². The van der Waals surface area contributed by atoms with E-state index in [9.17, 15) is 13.2 Å². The second-order valence-electron chi connectivity index (χ2n) is 3.74. The monoisotopic (exact) mass is 229 g/mol. The Morgan fingerprint density at radius 3 is 2.27 bits per heavy atom. The zero-order valence-electron chi connectivity index (χ0n) is 9.21. The number of hydrogen-bond donors (Lipinski definition) is 1. The minimum atomic E-state index is -4.55. The van der Waals surface area contributed by atoms with E-state index in [0.29, 0.717) is 13.2 Å². The van der Waals surface area contributed by atoms with Crippen LogP contribution in [0.5, 0.6) is 0 Å². The van der Waals surface area contributed by atoms with Crippen molar-refractivity contribution in [2.45, 2.75) is 32.2 Å². The lowest BCUT2D eigenvalue weighted by molar-refractivity contribution is -0.207. The Morgan fingerprint density at radius 1 is 1.33 bits per heavy atom. The minimum absolute atomic E-state index is 0.0611. The first-order chi connectivity index (χ1) is 6.73. The molecule has 0 aromatic heterocycles. The normalized spacial score (nSPS) is 15.0.